The molecule has 0 N–H and O–H groups in total. The highest BCUT2D eigenvalue weighted by molar-refractivity contribution is 5.74. The molecule has 0 amide bonds. The second-order valence-electron chi connectivity index (χ2n) is 4.07. The molecule has 0 saturated heterocycles. The van der Waals surface area contributed by atoms with Crippen LogP contribution >= 0.6 is 0 Å². The minimum Gasteiger partial charge on any atom is -0.483 e. The Bertz CT molecular complexity index is 362. The smallest absolute Gasteiger partial charge is 0.211 e. The maximum Gasteiger partial charge on any atom is 0.211 e. The van der Waals surface area contributed by atoms with Gasteiger partial charge in [0.1, 0.15) is 39.6 Å². The molecule has 3 heterocycles. The summed E-state index contributed by atoms with van der Waals surface area (Å²) in [5.41, 5.74) is 0. The van der Waals surface area contributed by atoms with Crippen LogP contribution < -0.4 is 28.4 Å². The average molecular weight is 252 g/mol. The van der Waals surface area contributed by atoms with Gasteiger partial charge in [0.15, 0.2) is 0 Å². The van der Waals surface area contributed by atoms with Gasteiger partial charge in [-0.3, -0.25) is 0 Å². The molecule has 6 nitrogen and oxygen atoms in total. The molecule has 0 bridgehead atoms. The van der Waals surface area contributed by atoms with Gasteiger partial charge in [-0.25, -0.2) is 0 Å². The third-order valence-electron chi connectivity index (χ3n) is 2.97. The molecule has 96 valence electrons. The molecule has 0 aliphatic carbocycles. The summed E-state index contributed by atoms with van der Waals surface area (Å²) in [7, 11) is 0. The van der Waals surface area contributed by atoms with E-state index in [0.717, 1.165) is 0 Å². The summed E-state index contributed by atoms with van der Waals surface area (Å²) in [5.74, 6) is 3.33. The van der Waals surface area contributed by atoms with E-state index in [9.17, 15) is 0 Å². The lowest BCUT2D eigenvalue weighted by atomic mass is 10.2. The third-order valence-corrected chi connectivity index (χ3v) is 2.97. The molecule has 1 aromatic rings. The zero-order valence-corrected chi connectivity index (χ0v) is 9.69. The van der Waals surface area contributed by atoms with E-state index < -0.39 is 0 Å². The predicted molar refractivity (Wildman–Crippen MR) is 59.4 cm³/mol. The molecule has 0 aromatic heterocycles. The van der Waals surface area contributed by atoms with Gasteiger partial charge in [0, 0.05) is 0 Å². The Balaban J connectivity index is 1.98. The van der Waals surface area contributed by atoms with E-state index in [1.165, 1.54) is 0 Å². The molecular weight excluding hydrogens is 240 g/mol. The Morgan fingerprint density at radius 2 is 0.500 bits per heavy atom. The van der Waals surface area contributed by atoms with Crippen LogP contribution in [0.4, 0.5) is 0 Å². The standard InChI is InChI=1S/C12H12O6/c1-2-14-8-7(13-1)9-11(17-4-3-15-9)12-10(8)16-5-6-18-12/h1-6H2. The molecule has 18 heavy (non-hydrogen) atoms. The van der Waals surface area contributed by atoms with Crippen molar-refractivity contribution < 1.29 is 28.4 Å². The molecule has 1 aromatic carbocycles. The highest BCUT2D eigenvalue weighted by atomic mass is 16.6. The Morgan fingerprint density at radius 1 is 0.333 bits per heavy atom. The van der Waals surface area contributed by atoms with E-state index in [1.807, 2.05) is 0 Å². The van der Waals surface area contributed by atoms with Crippen molar-refractivity contribution in [3.63, 3.8) is 0 Å². The molecule has 6 heteroatoms. The molecule has 0 fully saturated rings. The van der Waals surface area contributed by atoms with Gasteiger partial charge in [-0.2, -0.15) is 0 Å². The fraction of sp³-hybridized carbons (Fsp3) is 0.500. The SMILES string of the molecule is C1COc2c(c3c(c4c2OCCO4)OCCO3)O1. The second-order valence-corrected chi connectivity index (χ2v) is 4.07. The van der Waals surface area contributed by atoms with E-state index in [2.05, 4.69) is 0 Å². The molecule has 3 aliphatic heterocycles. The second kappa shape index (κ2) is 3.76. The topological polar surface area (TPSA) is 55.4 Å². The van der Waals surface area contributed by atoms with Crippen LogP contribution in [0.3, 0.4) is 0 Å². The normalized spacial score (nSPS) is 19.3. The van der Waals surface area contributed by atoms with E-state index in [0.29, 0.717) is 74.1 Å². The van der Waals surface area contributed by atoms with Crippen molar-refractivity contribution in [2.24, 2.45) is 0 Å². The van der Waals surface area contributed by atoms with Crippen molar-refractivity contribution >= 4 is 0 Å². The van der Waals surface area contributed by atoms with E-state index in [-0.39, 0.29) is 0 Å². The largest absolute Gasteiger partial charge is 0.483 e. The van der Waals surface area contributed by atoms with Crippen LogP contribution in [-0.2, 0) is 0 Å². The number of benzene rings is 1. The average Bonchev–Trinajstić information content (AvgIpc) is 2.48. The summed E-state index contributed by atoms with van der Waals surface area (Å²) in [6.07, 6.45) is 0. The van der Waals surface area contributed by atoms with Crippen LogP contribution in [0.5, 0.6) is 34.5 Å². The first-order valence-corrected chi connectivity index (χ1v) is 5.96. The summed E-state index contributed by atoms with van der Waals surface area (Å²) >= 11 is 0. The monoisotopic (exact) mass is 252 g/mol. The van der Waals surface area contributed by atoms with Gasteiger partial charge in [-0.15, -0.1) is 0 Å². The van der Waals surface area contributed by atoms with Gasteiger partial charge >= 0.3 is 0 Å². The van der Waals surface area contributed by atoms with Crippen molar-refractivity contribution in [2.75, 3.05) is 39.6 Å². The number of ether oxygens (including phenoxy) is 6. The number of rotatable bonds is 0. The Kier molecular flexibility index (Phi) is 2.09. The van der Waals surface area contributed by atoms with Crippen molar-refractivity contribution in [3.8, 4) is 34.5 Å². The van der Waals surface area contributed by atoms with Crippen LogP contribution in [0, 0.1) is 0 Å². The number of fused-ring (bicyclic) bond motifs is 6. The lowest BCUT2D eigenvalue weighted by Gasteiger charge is -2.31. The zero-order chi connectivity index (χ0) is 11.9. The highest BCUT2D eigenvalue weighted by Gasteiger charge is 2.35. The van der Waals surface area contributed by atoms with Crippen molar-refractivity contribution in [3.05, 3.63) is 0 Å². The van der Waals surface area contributed by atoms with E-state index in [1.54, 1.807) is 0 Å². The molecule has 0 spiro atoms. The van der Waals surface area contributed by atoms with Crippen LogP contribution in [0.25, 0.3) is 0 Å². The lowest BCUT2D eigenvalue weighted by molar-refractivity contribution is 0.104. The van der Waals surface area contributed by atoms with Gasteiger partial charge in [-0.1, -0.05) is 0 Å². The molecular formula is C12H12O6. The lowest BCUT2D eigenvalue weighted by Crippen LogP contribution is -2.24. The third kappa shape index (κ3) is 1.28. The first-order chi connectivity index (χ1) is 8.95. The van der Waals surface area contributed by atoms with Crippen LogP contribution in [-0.4, -0.2) is 39.6 Å². The molecule has 0 atom stereocenters. The molecule has 0 radical (unpaired) electrons. The van der Waals surface area contributed by atoms with Crippen molar-refractivity contribution in [1.29, 1.82) is 0 Å². The predicted octanol–water partition coefficient (Wildman–Crippen LogP) is 1.00. The Labute approximate surface area is 103 Å². The fourth-order valence-electron chi connectivity index (χ4n) is 2.27. The molecule has 0 saturated carbocycles. The van der Waals surface area contributed by atoms with Crippen LogP contribution in [0.2, 0.25) is 0 Å². The summed E-state index contributed by atoms with van der Waals surface area (Å²) in [6, 6.07) is 0. The zero-order valence-electron chi connectivity index (χ0n) is 9.69. The van der Waals surface area contributed by atoms with Gasteiger partial charge in [0.25, 0.3) is 0 Å². The maximum atomic E-state index is 5.62. The van der Waals surface area contributed by atoms with Crippen molar-refractivity contribution in [2.45, 2.75) is 0 Å². The summed E-state index contributed by atoms with van der Waals surface area (Å²) in [6.45, 7) is 2.93. The van der Waals surface area contributed by atoms with Gasteiger partial charge in [0.05, 0.1) is 0 Å². The number of hydrogen-bond acceptors (Lipinski definition) is 6. The van der Waals surface area contributed by atoms with E-state index >= 15 is 0 Å². The van der Waals surface area contributed by atoms with Gasteiger partial charge < -0.3 is 28.4 Å². The first-order valence-electron chi connectivity index (χ1n) is 5.96. The molecule has 0 unspecified atom stereocenters. The highest BCUT2D eigenvalue weighted by Crippen LogP contribution is 2.60. The van der Waals surface area contributed by atoms with Gasteiger partial charge in [-0.05, 0) is 0 Å². The Hall–Kier alpha value is -1.98. The van der Waals surface area contributed by atoms with Crippen LogP contribution in [0.1, 0.15) is 0 Å². The fourth-order valence-corrected chi connectivity index (χ4v) is 2.27. The minimum absolute atomic E-state index is 0.489. The summed E-state index contributed by atoms with van der Waals surface area (Å²) < 4.78 is 33.7. The molecule has 4 rings (SSSR count). The quantitative estimate of drug-likeness (QED) is 0.686. The maximum absolute atomic E-state index is 5.62. The van der Waals surface area contributed by atoms with Crippen molar-refractivity contribution in [1.82, 2.24) is 0 Å². The van der Waals surface area contributed by atoms with Gasteiger partial charge in [0.2, 0.25) is 34.5 Å². The first kappa shape index (κ1) is 9.99. The van der Waals surface area contributed by atoms with E-state index in [4.69, 9.17) is 28.4 Å². The summed E-state index contributed by atoms with van der Waals surface area (Å²) in [4.78, 5) is 0. The summed E-state index contributed by atoms with van der Waals surface area (Å²) in [5, 5.41) is 0. The molecule has 3 aliphatic rings. The number of hydrogen-bond donors (Lipinski definition) is 0. The minimum atomic E-state index is 0.489. The Morgan fingerprint density at radius 3 is 0.667 bits per heavy atom. The van der Waals surface area contributed by atoms with Crippen LogP contribution in [0.15, 0.2) is 0 Å².